The molecule has 2 rings (SSSR count). The highest BCUT2D eigenvalue weighted by Gasteiger charge is 2.30. The summed E-state index contributed by atoms with van der Waals surface area (Å²) in [5.41, 5.74) is 0.163. The van der Waals surface area contributed by atoms with E-state index < -0.39 is 16.0 Å². The standard InChI is InChI=1S/C16H24N2O5S/c1-16(6-8-17-9-7-16)11-18-24(20,21)14-5-4-12(15(19)23-3)10-13(14)22-2/h4-5,10,17-18H,6-9,11H2,1-3H3. The van der Waals surface area contributed by atoms with Crippen LogP contribution in [0, 0.1) is 5.41 Å². The molecule has 0 saturated carbocycles. The van der Waals surface area contributed by atoms with Gasteiger partial charge in [-0.1, -0.05) is 6.92 Å². The van der Waals surface area contributed by atoms with E-state index in [0.29, 0.717) is 6.54 Å². The second-order valence-corrected chi connectivity index (χ2v) is 7.98. The number of nitrogens with one attached hydrogen (secondary N) is 2. The summed E-state index contributed by atoms with van der Waals surface area (Å²) in [6.07, 6.45) is 1.82. The van der Waals surface area contributed by atoms with Crippen LogP contribution >= 0.6 is 0 Å². The highest BCUT2D eigenvalue weighted by atomic mass is 32.2. The van der Waals surface area contributed by atoms with Crippen molar-refractivity contribution in [1.29, 1.82) is 0 Å². The van der Waals surface area contributed by atoms with Crippen LogP contribution in [-0.4, -0.2) is 48.2 Å². The van der Waals surface area contributed by atoms with Crippen LogP contribution in [0.2, 0.25) is 0 Å². The van der Waals surface area contributed by atoms with E-state index >= 15 is 0 Å². The van der Waals surface area contributed by atoms with Gasteiger partial charge in [0.1, 0.15) is 10.6 Å². The van der Waals surface area contributed by atoms with Gasteiger partial charge in [-0.05, 0) is 49.5 Å². The number of rotatable bonds is 6. The molecule has 8 heteroatoms. The average molecular weight is 356 g/mol. The third kappa shape index (κ3) is 4.25. The monoisotopic (exact) mass is 356 g/mol. The number of methoxy groups -OCH3 is 2. The molecule has 1 aliphatic rings. The predicted octanol–water partition coefficient (Wildman–Crippen LogP) is 1.15. The lowest BCUT2D eigenvalue weighted by Crippen LogP contribution is -2.42. The molecule has 0 unspecified atom stereocenters. The molecule has 0 aromatic heterocycles. The van der Waals surface area contributed by atoms with Crippen molar-refractivity contribution in [2.45, 2.75) is 24.7 Å². The first-order valence-corrected chi connectivity index (χ1v) is 9.26. The third-order valence-electron chi connectivity index (χ3n) is 4.37. The minimum atomic E-state index is -3.74. The van der Waals surface area contributed by atoms with Crippen molar-refractivity contribution in [2.24, 2.45) is 5.41 Å². The summed E-state index contributed by atoms with van der Waals surface area (Å²) in [5.74, 6) is -0.437. The van der Waals surface area contributed by atoms with E-state index in [0.717, 1.165) is 25.9 Å². The molecule has 0 radical (unpaired) electrons. The molecule has 1 fully saturated rings. The van der Waals surface area contributed by atoms with Gasteiger partial charge in [-0.2, -0.15) is 0 Å². The fourth-order valence-electron chi connectivity index (χ4n) is 2.69. The second kappa shape index (κ2) is 7.50. The minimum absolute atomic E-state index is 0.00943. The van der Waals surface area contributed by atoms with Crippen LogP contribution in [0.1, 0.15) is 30.1 Å². The van der Waals surface area contributed by atoms with Gasteiger partial charge in [-0.25, -0.2) is 17.9 Å². The third-order valence-corrected chi connectivity index (χ3v) is 5.81. The largest absolute Gasteiger partial charge is 0.495 e. The topological polar surface area (TPSA) is 93.7 Å². The first-order chi connectivity index (χ1) is 11.3. The highest BCUT2D eigenvalue weighted by Crippen LogP contribution is 2.29. The molecule has 1 saturated heterocycles. The van der Waals surface area contributed by atoms with Gasteiger partial charge in [0.15, 0.2) is 0 Å². The maximum absolute atomic E-state index is 12.6. The summed E-state index contributed by atoms with van der Waals surface area (Å²) >= 11 is 0. The zero-order valence-electron chi connectivity index (χ0n) is 14.2. The van der Waals surface area contributed by atoms with Gasteiger partial charge in [-0.15, -0.1) is 0 Å². The summed E-state index contributed by atoms with van der Waals surface area (Å²) < 4.78 is 37.7. The number of hydrogen-bond acceptors (Lipinski definition) is 6. The molecule has 2 N–H and O–H groups in total. The number of carbonyl (C=O) groups excluding carboxylic acids is 1. The van der Waals surface area contributed by atoms with Gasteiger partial charge in [-0.3, -0.25) is 0 Å². The predicted molar refractivity (Wildman–Crippen MR) is 89.7 cm³/mol. The number of piperidine rings is 1. The van der Waals surface area contributed by atoms with Crippen molar-refractivity contribution in [3.63, 3.8) is 0 Å². The van der Waals surface area contributed by atoms with Crippen LogP contribution in [-0.2, 0) is 14.8 Å². The Morgan fingerprint density at radius 2 is 1.96 bits per heavy atom. The van der Waals surface area contributed by atoms with Crippen molar-refractivity contribution >= 4 is 16.0 Å². The van der Waals surface area contributed by atoms with Crippen molar-refractivity contribution in [3.8, 4) is 5.75 Å². The lowest BCUT2D eigenvalue weighted by molar-refractivity contribution is 0.0600. The van der Waals surface area contributed by atoms with E-state index in [-0.39, 0.29) is 21.6 Å². The van der Waals surface area contributed by atoms with Crippen molar-refractivity contribution in [1.82, 2.24) is 10.0 Å². The zero-order valence-corrected chi connectivity index (χ0v) is 15.0. The summed E-state index contributed by atoms with van der Waals surface area (Å²) in [4.78, 5) is 11.6. The smallest absolute Gasteiger partial charge is 0.337 e. The van der Waals surface area contributed by atoms with Crippen LogP contribution in [0.4, 0.5) is 0 Å². The minimum Gasteiger partial charge on any atom is -0.495 e. The van der Waals surface area contributed by atoms with Crippen LogP contribution in [0.15, 0.2) is 23.1 Å². The molecular formula is C16H24N2O5S. The summed E-state index contributed by atoms with van der Waals surface area (Å²) in [6.45, 7) is 4.21. The molecule has 1 aromatic rings. The first-order valence-electron chi connectivity index (χ1n) is 7.78. The van der Waals surface area contributed by atoms with Gasteiger partial charge in [0.25, 0.3) is 0 Å². The van der Waals surface area contributed by atoms with Gasteiger partial charge >= 0.3 is 5.97 Å². The van der Waals surface area contributed by atoms with Gasteiger partial charge in [0.2, 0.25) is 10.0 Å². The lowest BCUT2D eigenvalue weighted by atomic mass is 9.81. The van der Waals surface area contributed by atoms with Crippen LogP contribution < -0.4 is 14.8 Å². The number of hydrogen-bond donors (Lipinski definition) is 2. The van der Waals surface area contributed by atoms with E-state index in [9.17, 15) is 13.2 Å². The van der Waals surface area contributed by atoms with Crippen LogP contribution in [0.5, 0.6) is 5.75 Å². The molecular weight excluding hydrogens is 332 g/mol. The van der Waals surface area contributed by atoms with Gasteiger partial charge in [0.05, 0.1) is 19.8 Å². The fraction of sp³-hybridized carbons (Fsp3) is 0.562. The molecule has 24 heavy (non-hydrogen) atoms. The quantitative estimate of drug-likeness (QED) is 0.743. The molecule has 134 valence electrons. The molecule has 1 aromatic carbocycles. The maximum atomic E-state index is 12.6. The molecule has 0 bridgehead atoms. The Bertz CT molecular complexity index is 696. The van der Waals surface area contributed by atoms with Gasteiger partial charge < -0.3 is 14.8 Å². The molecule has 7 nitrogen and oxygen atoms in total. The fourth-order valence-corrected chi connectivity index (χ4v) is 4.04. The number of ether oxygens (including phenoxy) is 2. The molecule has 0 aliphatic carbocycles. The highest BCUT2D eigenvalue weighted by molar-refractivity contribution is 7.89. The zero-order chi connectivity index (χ0) is 17.8. The van der Waals surface area contributed by atoms with Crippen LogP contribution in [0.3, 0.4) is 0 Å². The molecule has 0 spiro atoms. The normalized spacial score (nSPS) is 17.3. The number of carbonyl (C=O) groups is 1. The second-order valence-electron chi connectivity index (χ2n) is 6.24. The molecule has 1 heterocycles. The molecule has 0 atom stereocenters. The Morgan fingerprint density at radius 3 is 2.54 bits per heavy atom. The van der Waals surface area contributed by atoms with Crippen molar-refractivity contribution in [3.05, 3.63) is 23.8 Å². The van der Waals surface area contributed by atoms with Crippen molar-refractivity contribution in [2.75, 3.05) is 33.9 Å². The Hall–Kier alpha value is -1.64. The summed E-state index contributed by atoms with van der Waals surface area (Å²) in [5, 5.41) is 3.27. The van der Waals surface area contributed by atoms with Crippen LogP contribution in [0.25, 0.3) is 0 Å². The van der Waals surface area contributed by atoms with E-state index in [1.54, 1.807) is 0 Å². The van der Waals surface area contributed by atoms with E-state index in [2.05, 4.69) is 21.7 Å². The number of benzene rings is 1. The Kier molecular flexibility index (Phi) is 5.84. The lowest BCUT2D eigenvalue weighted by Gasteiger charge is -2.34. The maximum Gasteiger partial charge on any atom is 0.337 e. The first kappa shape index (κ1) is 18.7. The molecule has 1 aliphatic heterocycles. The van der Waals surface area contributed by atoms with Crippen molar-refractivity contribution < 1.29 is 22.7 Å². The van der Waals surface area contributed by atoms with Gasteiger partial charge in [0, 0.05) is 6.54 Å². The number of esters is 1. The number of sulfonamides is 1. The van der Waals surface area contributed by atoms with E-state index in [1.807, 2.05) is 0 Å². The SMILES string of the molecule is COC(=O)c1ccc(S(=O)(=O)NCC2(C)CCNCC2)c(OC)c1. The summed E-state index contributed by atoms with van der Waals surface area (Å²) in [7, 11) is -1.11. The average Bonchev–Trinajstić information content (AvgIpc) is 2.59. The Labute approximate surface area is 142 Å². The summed E-state index contributed by atoms with van der Waals surface area (Å²) in [6, 6.07) is 4.14. The van der Waals surface area contributed by atoms with E-state index in [4.69, 9.17) is 4.74 Å². The Balaban J connectivity index is 2.20. The molecule has 0 amide bonds. The van der Waals surface area contributed by atoms with E-state index in [1.165, 1.54) is 32.4 Å². The Morgan fingerprint density at radius 1 is 1.29 bits per heavy atom.